The molecule has 0 aliphatic heterocycles. The number of rotatable bonds is 0. The standard InChI is InChI=1S/Al.Cu.Fe.H2O.Zn.3H/h;;;1H2;;;;. The van der Waals surface area contributed by atoms with Gasteiger partial charge in [0, 0.05) is 53.6 Å². The first-order valence-corrected chi connectivity index (χ1v) is 0. The smallest absolute Gasteiger partial charge is 0.187 e. The molecule has 0 aromatic heterocycles. The van der Waals surface area contributed by atoms with Crippen LogP contribution in [-0.4, -0.2) is 22.8 Å². The van der Waals surface area contributed by atoms with Crippen molar-refractivity contribution in [2.75, 3.05) is 0 Å². The van der Waals surface area contributed by atoms with Gasteiger partial charge in [-0.1, -0.05) is 0 Å². The van der Waals surface area contributed by atoms with Crippen LogP contribution in [-0.2, 0) is 53.6 Å². The van der Waals surface area contributed by atoms with Crippen molar-refractivity contribution in [2.45, 2.75) is 0 Å². The van der Waals surface area contributed by atoms with Gasteiger partial charge in [0.15, 0.2) is 17.4 Å². The molecule has 0 aliphatic rings. The van der Waals surface area contributed by atoms with E-state index in [1.807, 2.05) is 0 Å². The van der Waals surface area contributed by atoms with E-state index < -0.39 is 0 Å². The third-order valence-corrected chi connectivity index (χ3v) is 0. The van der Waals surface area contributed by atoms with Crippen LogP contribution in [0.2, 0.25) is 0 Å². The van der Waals surface area contributed by atoms with E-state index in [1.54, 1.807) is 0 Å². The minimum absolute atomic E-state index is 0. The molecule has 5 heteroatoms. The summed E-state index contributed by atoms with van der Waals surface area (Å²) in [6.45, 7) is 0. The molecule has 0 fully saturated rings. The van der Waals surface area contributed by atoms with Crippen LogP contribution in [0.15, 0.2) is 0 Å². The van der Waals surface area contributed by atoms with Gasteiger partial charge in [-0.3, -0.25) is 0 Å². The fourth-order valence-electron chi connectivity index (χ4n) is 0. The Morgan fingerprint density at radius 3 is 1.00 bits per heavy atom. The topological polar surface area (TPSA) is 31.5 Å². The molecule has 35 valence electrons. The summed E-state index contributed by atoms with van der Waals surface area (Å²) in [7, 11) is 0. The van der Waals surface area contributed by atoms with Crippen molar-refractivity contribution in [3.63, 3.8) is 0 Å². The summed E-state index contributed by atoms with van der Waals surface area (Å²) in [6.07, 6.45) is 0. The van der Waals surface area contributed by atoms with Crippen LogP contribution >= 0.6 is 0 Å². The van der Waals surface area contributed by atoms with Crippen LogP contribution in [0.3, 0.4) is 0 Å². The second kappa shape index (κ2) is 35.2. The maximum Gasteiger partial charge on any atom is 0.187 e. The monoisotopic (exact) mass is 231 g/mol. The molecule has 0 aliphatic carbocycles. The molecule has 0 amide bonds. The van der Waals surface area contributed by atoms with Crippen molar-refractivity contribution in [1.29, 1.82) is 0 Å². The van der Waals surface area contributed by atoms with Crippen LogP contribution in [0.1, 0.15) is 0 Å². The third kappa shape index (κ3) is 22.9. The molecule has 0 bridgehead atoms. The Kier molecular flexibility index (Phi) is 411. The Labute approximate surface area is 75.8 Å². The van der Waals surface area contributed by atoms with E-state index in [0.717, 1.165) is 0 Å². The van der Waals surface area contributed by atoms with Gasteiger partial charge in [-0.15, -0.1) is 0 Å². The first-order chi connectivity index (χ1) is 0. The fourth-order valence-corrected chi connectivity index (χ4v) is 0. The van der Waals surface area contributed by atoms with Gasteiger partial charge < -0.3 is 5.48 Å². The summed E-state index contributed by atoms with van der Waals surface area (Å²) in [6, 6.07) is 0. The van der Waals surface area contributed by atoms with Gasteiger partial charge in [-0.2, -0.15) is 0 Å². The third-order valence-electron chi connectivity index (χ3n) is 0. The van der Waals surface area contributed by atoms with Gasteiger partial charge in [0.05, 0.1) is 0 Å². The van der Waals surface area contributed by atoms with Gasteiger partial charge in [-0.05, 0) is 0 Å². The normalized spacial score (nSPS) is 0. The molecule has 0 unspecified atom stereocenters. The van der Waals surface area contributed by atoms with E-state index in [-0.39, 0.29) is 76.5 Å². The summed E-state index contributed by atoms with van der Waals surface area (Å²) in [5.41, 5.74) is 0. The van der Waals surface area contributed by atoms with Crippen molar-refractivity contribution >= 4 is 17.4 Å². The second-order valence-electron chi connectivity index (χ2n) is 0. The number of hydrogen-bond donors (Lipinski definition) is 0. The zero-order chi connectivity index (χ0) is 0. The minimum atomic E-state index is 0. The number of hydrogen-bond acceptors (Lipinski definition) is 0. The summed E-state index contributed by atoms with van der Waals surface area (Å²) in [5, 5.41) is 0. The molecule has 0 rings (SSSR count). The summed E-state index contributed by atoms with van der Waals surface area (Å²) in [5.74, 6) is 0. The van der Waals surface area contributed by atoms with Crippen LogP contribution in [0.4, 0.5) is 0 Å². The summed E-state index contributed by atoms with van der Waals surface area (Å²) in [4.78, 5) is 0. The van der Waals surface area contributed by atoms with E-state index in [9.17, 15) is 0 Å². The molecule has 2 N–H and O–H groups in total. The van der Waals surface area contributed by atoms with Crippen molar-refractivity contribution in [1.82, 2.24) is 0 Å². The molecule has 5 heavy (non-hydrogen) atoms. The maximum absolute atomic E-state index is 0. The molecular weight excluding hydrogens is 228 g/mol. The van der Waals surface area contributed by atoms with Crippen LogP contribution < -0.4 is 0 Å². The molecular formula is H5AlCuFeOZn. The van der Waals surface area contributed by atoms with E-state index in [0.29, 0.717) is 0 Å². The molecule has 1 nitrogen and oxygen atoms in total. The predicted molar refractivity (Wildman–Crippen MR) is 13.6 cm³/mol. The van der Waals surface area contributed by atoms with Gasteiger partial charge in [0.2, 0.25) is 0 Å². The van der Waals surface area contributed by atoms with Crippen LogP contribution in [0, 0.1) is 0 Å². The van der Waals surface area contributed by atoms with Crippen LogP contribution in [0.25, 0.3) is 0 Å². The van der Waals surface area contributed by atoms with Crippen molar-refractivity contribution in [3.05, 3.63) is 0 Å². The quantitative estimate of drug-likeness (QED) is 0.432. The van der Waals surface area contributed by atoms with E-state index in [2.05, 4.69) is 0 Å². The van der Waals surface area contributed by atoms with Crippen molar-refractivity contribution < 1.29 is 59.1 Å². The Morgan fingerprint density at radius 2 is 1.00 bits per heavy atom. The average molecular weight is 233 g/mol. The molecule has 0 saturated carbocycles. The minimum Gasteiger partial charge on any atom is -0.412 e. The Hall–Kier alpha value is 2.15. The molecule has 0 heterocycles. The summed E-state index contributed by atoms with van der Waals surface area (Å²) >= 11 is 0. The van der Waals surface area contributed by atoms with Crippen molar-refractivity contribution in [2.24, 2.45) is 0 Å². The predicted octanol–water partition coefficient (Wildman–Crippen LogP) is -2.02. The van der Waals surface area contributed by atoms with Gasteiger partial charge in [0.25, 0.3) is 0 Å². The van der Waals surface area contributed by atoms with E-state index in [4.69, 9.17) is 0 Å². The first-order valence-electron chi connectivity index (χ1n) is 0. The van der Waals surface area contributed by atoms with E-state index >= 15 is 0 Å². The zero-order valence-corrected chi connectivity index (χ0v) is 6.88. The van der Waals surface area contributed by atoms with Gasteiger partial charge >= 0.3 is 0 Å². The van der Waals surface area contributed by atoms with Crippen LogP contribution in [0.5, 0.6) is 0 Å². The maximum atomic E-state index is 0. The second-order valence-corrected chi connectivity index (χ2v) is 0. The zero-order valence-electron chi connectivity index (χ0n) is 1.86. The van der Waals surface area contributed by atoms with Gasteiger partial charge in [-0.25, -0.2) is 0 Å². The van der Waals surface area contributed by atoms with Crippen molar-refractivity contribution in [3.8, 4) is 0 Å². The SMILES string of the molecule is O.[AlH3].[Cu].[Fe].[Zn]. The summed E-state index contributed by atoms with van der Waals surface area (Å²) < 4.78 is 0. The average Bonchev–Trinajstić information content (AvgIpc) is 0. The molecule has 0 saturated heterocycles. The Morgan fingerprint density at radius 1 is 1.00 bits per heavy atom. The molecule has 1 radical (unpaired) electrons. The van der Waals surface area contributed by atoms with Gasteiger partial charge in [0.1, 0.15) is 0 Å². The Bertz CT molecular complexity index is 11.6. The molecule has 0 aromatic rings. The Balaban J connectivity index is 0. The first kappa shape index (κ1) is 58.4. The molecule has 0 spiro atoms. The fraction of sp³-hybridized carbons (Fsp3) is 0. The molecule has 0 aromatic carbocycles. The largest absolute Gasteiger partial charge is 0.412 e. The van der Waals surface area contributed by atoms with E-state index in [1.165, 1.54) is 0 Å². The molecule has 0 atom stereocenters.